The lowest BCUT2D eigenvalue weighted by molar-refractivity contribution is -0.184. The molecule has 0 bridgehead atoms. The van der Waals surface area contributed by atoms with E-state index in [-0.39, 0.29) is 5.60 Å². The van der Waals surface area contributed by atoms with Gasteiger partial charge in [-0.25, -0.2) is 4.79 Å². The summed E-state index contributed by atoms with van der Waals surface area (Å²) >= 11 is 0. The number of nitrogens with one attached hydrogen (secondary N) is 1. The average molecular weight is 237 g/mol. The van der Waals surface area contributed by atoms with Gasteiger partial charge in [0.15, 0.2) is 0 Å². The van der Waals surface area contributed by atoms with E-state index in [0.717, 1.165) is 24.7 Å². The molecule has 0 aromatic rings. The summed E-state index contributed by atoms with van der Waals surface area (Å²) in [6.07, 6.45) is 5.55. The molecule has 4 heteroatoms. The molecule has 4 aliphatic carbocycles. The van der Waals surface area contributed by atoms with Gasteiger partial charge in [0.25, 0.3) is 0 Å². The third-order valence-electron chi connectivity index (χ3n) is 6.21. The van der Waals surface area contributed by atoms with Crippen LogP contribution in [-0.4, -0.2) is 18.8 Å². The number of hydrogen-bond donors (Lipinski definition) is 1. The van der Waals surface area contributed by atoms with Crippen LogP contribution in [0.2, 0.25) is 0 Å². The molecule has 0 aromatic carbocycles. The topological polar surface area (TPSA) is 47.6 Å². The van der Waals surface area contributed by atoms with Crippen molar-refractivity contribution in [2.45, 2.75) is 44.6 Å². The molecule has 4 fully saturated rings. The van der Waals surface area contributed by atoms with E-state index in [1.807, 2.05) is 0 Å². The van der Waals surface area contributed by atoms with Gasteiger partial charge in [0, 0.05) is 12.5 Å². The number of ether oxygens (including phenoxy) is 1. The van der Waals surface area contributed by atoms with E-state index in [1.54, 1.807) is 7.05 Å². The Bertz CT molecular complexity index is 411. The van der Waals surface area contributed by atoms with Gasteiger partial charge >= 0.3 is 6.16 Å². The molecule has 1 spiro atoms. The van der Waals surface area contributed by atoms with Crippen molar-refractivity contribution in [2.75, 3.05) is 7.05 Å². The van der Waals surface area contributed by atoms with Crippen molar-refractivity contribution in [1.29, 1.82) is 0 Å². The summed E-state index contributed by atoms with van der Waals surface area (Å²) in [7, 11) is 1.57. The minimum Gasteiger partial charge on any atom is -0.426 e. The lowest BCUT2D eigenvalue weighted by atomic mass is 9.38. The van der Waals surface area contributed by atoms with Crippen LogP contribution < -0.4 is 5.48 Å². The molecule has 4 saturated carbocycles. The molecule has 0 amide bonds. The van der Waals surface area contributed by atoms with Crippen LogP contribution >= 0.6 is 0 Å². The summed E-state index contributed by atoms with van der Waals surface area (Å²) < 4.78 is 5.60. The zero-order valence-corrected chi connectivity index (χ0v) is 10.4. The summed E-state index contributed by atoms with van der Waals surface area (Å²) in [6, 6.07) is 0. The molecule has 5 atom stereocenters. The monoisotopic (exact) mass is 237 g/mol. The van der Waals surface area contributed by atoms with E-state index in [2.05, 4.69) is 17.2 Å². The van der Waals surface area contributed by atoms with E-state index in [1.165, 1.54) is 19.3 Å². The number of rotatable bonds is 3. The summed E-state index contributed by atoms with van der Waals surface area (Å²) in [4.78, 5) is 16.2. The molecule has 17 heavy (non-hydrogen) atoms. The Morgan fingerprint density at radius 1 is 1.41 bits per heavy atom. The predicted molar refractivity (Wildman–Crippen MR) is 60.0 cm³/mol. The molecular weight excluding hydrogens is 218 g/mol. The maximum atomic E-state index is 11.5. The van der Waals surface area contributed by atoms with Gasteiger partial charge in [-0.2, -0.15) is 5.48 Å². The molecule has 0 heterocycles. The third-order valence-corrected chi connectivity index (χ3v) is 6.21. The van der Waals surface area contributed by atoms with Crippen LogP contribution in [0, 0.1) is 22.7 Å². The van der Waals surface area contributed by atoms with Crippen molar-refractivity contribution in [3.05, 3.63) is 0 Å². The fourth-order valence-electron chi connectivity index (χ4n) is 5.84. The van der Waals surface area contributed by atoms with Crippen LogP contribution in [0.15, 0.2) is 0 Å². The summed E-state index contributed by atoms with van der Waals surface area (Å²) in [5.41, 5.74) is 3.22. The van der Waals surface area contributed by atoms with Crippen LogP contribution in [0.3, 0.4) is 0 Å². The molecule has 1 N–H and O–H groups in total. The molecular formula is C13H19NO3. The standard InChI is InChI=1S/C13H19NO3/c1-3-11-4-8-5-13(16-10(15)17-14-2)7-12(13,6-11)9(8)11/h8-9,14H,3-7H2,1-2H3. The fraction of sp³-hybridized carbons (Fsp3) is 0.923. The third kappa shape index (κ3) is 0.874. The van der Waals surface area contributed by atoms with Gasteiger partial charge in [0.05, 0.1) is 0 Å². The van der Waals surface area contributed by atoms with Gasteiger partial charge in [-0.1, -0.05) is 13.3 Å². The van der Waals surface area contributed by atoms with Gasteiger partial charge in [-0.3, -0.25) is 0 Å². The highest BCUT2D eigenvalue weighted by molar-refractivity contribution is 5.62. The number of hydrogen-bond acceptors (Lipinski definition) is 4. The zero-order valence-electron chi connectivity index (χ0n) is 10.4. The molecule has 0 radical (unpaired) electrons. The Morgan fingerprint density at radius 3 is 2.94 bits per heavy atom. The lowest BCUT2D eigenvalue weighted by Gasteiger charge is -2.66. The van der Waals surface area contributed by atoms with Crippen LogP contribution in [0.5, 0.6) is 0 Å². The van der Waals surface area contributed by atoms with Crippen LogP contribution in [-0.2, 0) is 9.57 Å². The van der Waals surface area contributed by atoms with E-state index in [4.69, 9.17) is 4.74 Å². The number of hydroxylamine groups is 1. The highest BCUT2D eigenvalue weighted by Gasteiger charge is 2.92. The van der Waals surface area contributed by atoms with E-state index >= 15 is 0 Å². The highest BCUT2D eigenvalue weighted by Crippen LogP contribution is 2.93. The first-order chi connectivity index (χ1) is 8.11. The van der Waals surface area contributed by atoms with Crippen molar-refractivity contribution in [3.63, 3.8) is 0 Å². The molecule has 94 valence electrons. The SMILES string of the molecule is CCC12CC3CC4(OC(=O)ONC)CC4(C1)C32. The molecule has 4 aliphatic rings. The molecule has 4 nitrogen and oxygen atoms in total. The van der Waals surface area contributed by atoms with E-state index in [0.29, 0.717) is 10.8 Å². The lowest BCUT2D eigenvalue weighted by Crippen LogP contribution is -2.60. The predicted octanol–water partition coefficient (Wildman–Crippen LogP) is 2.24. The number of carbonyl (C=O) groups excluding carboxylic acids is 1. The molecule has 0 aromatic heterocycles. The van der Waals surface area contributed by atoms with E-state index in [9.17, 15) is 4.79 Å². The Morgan fingerprint density at radius 2 is 2.24 bits per heavy atom. The molecule has 0 aliphatic heterocycles. The average Bonchev–Trinajstić information content (AvgIpc) is 2.80. The van der Waals surface area contributed by atoms with Gasteiger partial charge in [0.2, 0.25) is 0 Å². The van der Waals surface area contributed by atoms with Crippen LogP contribution in [0.4, 0.5) is 4.79 Å². The maximum Gasteiger partial charge on any atom is 0.528 e. The van der Waals surface area contributed by atoms with Gasteiger partial charge in [-0.15, -0.1) is 0 Å². The molecule has 4 rings (SSSR count). The first-order valence-corrected chi connectivity index (χ1v) is 6.68. The van der Waals surface area contributed by atoms with Gasteiger partial charge < -0.3 is 9.57 Å². The smallest absolute Gasteiger partial charge is 0.426 e. The summed E-state index contributed by atoms with van der Waals surface area (Å²) in [6.45, 7) is 2.31. The zero-order chi connectivity index (χ0) is 11.9. The highest BCUT2D eigenvalue weighted by atomic mass is 16.8. The quantitative estimate of drug-likeness (QED) is 0.604. The normalized spacial score (nSPS) is 56.1. The molecule has 0 saturated heterocycles. The van der Waals surface area contributed by atoms with Gasteiger partial charge in [-0.05, 0) is 42.9 Å². The van der Waals surface area contributed by atoms with Crippen molar-refractivity contribution in [2.24, 2.45) is 22.7 Å². The summed E-state index contributed by atoms with van der Waals surface area (Å²) in [5.74, 6) is 1.67. The van der Waals surface area contributed by atoms with Crippen LogP contribution in [0.1, 0.15) is 39.0 Å². The van der Waals surface area contributed by atoms with Crippen molar-refractivity contribution < 1.29 is 14.4 Å². The minimum atomic E-state index is -0.556. The van der Waals surface area contributed by atoms with Crippen molar-refractivity contribution in [3.8, 4) is 0 Å². The second-order valence-corrected chi connectivity index (χ2v) is 6.52. The Hall–Kier alpha value is -0.770. The van der Waals surface area contributed by atoms with Crippen LogP contribution in [0.25, 0.3) is 0 Å². The first kappa shape index (κ1) is 10.2. The largest absolute Gasteiger partial charge is 0.528 e. The number of carbonyl (C=O) groups is 1. The second-order valence-electron chi connectivity index (χ2n) is 6.52. The molecule has 5 unspecified atom stereocenters. The summed E-state index contributed by atoms with van der Waals surface area (Å²) in [5, 5.41) is 0. The van der Waals surface area contributed by atoms with Crippen molar-refractivity contribution >= 4 is 6.16 Å². The Labute approximate surface area is 101 Å². The minimum absolute atomic E-state index is 0.147. The maximum absolute atomic E-state index is 11.5. The van der Waals surface area contributed by atoms with E-state index < -0.39 is 6.16 Å². The van der Waals surface area contributed by atoms with Gasteiger partial charge in [0.1, 0.15) is 5.60 Å². The fourth-order valence-corrected chi connectivity index (χ4v) is 5.84. The Kier molecular flexibility index (Phi) is 1.58. The Balaban J connectivity index is 1.52. The first-order valence-electron chi connectivity index (χ1n) is 6.68. The second kappa shape index (κ2) is 2.63. The van der Waals surface area contributed by atoms with Crippen molar-refractivity contribution in [1.82, 2.24) is 5.48 Å².